The molecule has 1 amide bonds. The molecule has 3 aliphatic carbocycles. The number of ether oxygens (including phenoxy) is 1. The fourth-order valence-corrected chi connectivity index (χ4v) is 7.41. The zero-order valence-corrected chi connectivity index (χ0v) is 24.5. The SMILES string of the molecule is COc1ccc(C2CCC(CN(C(=O)C3CCC(O)CC3)c3cccc(-c4cc(C5CC5)ns4)c3)CC2)nc1C. The van der Waals surface area contributed by atoms with Crippen LogP contribution in [-0.2, 0) is 4.79 Å². The van der Waals surface area contributed by atoms with Gasteiger partial charge in [0.25, 0.3) is 0 Å². The average molecular weight is 560 g/mol. The van der Waals surface area contributed by atoms with E-state index >= 15 is 0 Å². The highest BCUT2D eigenvalue weighted by atomic mass is 32.1. The molecule has 0 atom stereocenters. The summed E-state index contributed by atoms with van der Waals surface area (Å²) in [5, 5.41) is 10.1. The lowest BCUT2D eigenvalue weighted by Crippen LogP contribution is -2.41. The van der Waals surface area contributed by atoms with Gasteiger partial charge in [0.2, 0.25) is 5.91 Å². The van der Waals surface area contributed by atoms with Crippen molar-refractivity contribution in [1.82, 2.24) is 9.36 Å². The molecular weight excluding hydrogens is 518 g/mol. The fraction of sp³-hybridized carbons (Fsp3) is 0.545. The Morgan fingerprint density at radius 1 is 0.950 bits per heavy atom. The Morgan fingerprint density at radius 2 is 1.68 bits per heavy atom. The molecule has 0 bridgehead atoms. The summed E-state index contributed by atoms with van der Waals surface area (Å²) in [6, 6.07) is 14.9. The molecule has 0 spiro atoms. The predicted octanol–water partition coefficient (Wildman–Crippen LogP) is 7.26. The molecule has 2 aromatic heterocycles. The van der Waals surface area contributed by atoms with Crippen LogP contribution in [0.1, 0.15) is 93.1 Å². The van der Waals surface area contributed by atoms with Crippen molar-refractivity contribution in [2.24, 2.45) is 11.8 Å². The second-order valence-corrected chi connectivity index (χ2v) is 12.9. The van der Waals surface area contributed by atoms with Crippen LogP contribution < -0.4 is 9.64 Å². The molecule has 0 unspecified atom stereocenters. The number of aryl methyl sites for hydroxylation is 1. The third kappa shape index (κ3) is 6.10. The van der Waals surface area contributed by atoms with E-state index in [1.807, 2.05) is 13.0 Å². The number of benzene rings is 1. The second kappa shape index (κ2) is 12.0. The first kappa shape index (κ1) is 27.4. The van der Waals surface area contributed by atoms with E-state index in [9.17, 15) is 9.90 Å². The number of anilines is 1. The van der Waals surface area contributed by atoms with Crippen molar-refractivity contribution < 1.29 is 14.6 Å². The first-order valence-corrected chi connectivity index (χ1v) is 15.8. The number of hydrogen-bond acceptors (Lipinski definition) is 6. The lowest BCUT2D eigenvalue weighted by Gasteiger charge is -2.35. The van der Waals surface area contributed by atoms with Gasteiger partial charge < -0.3 is 14.7 Å². The van der Waals surface area contributed by atoms with E-state index < -0.39 is 0 Å². The number of pyridine rings is 1. The number of aromatic nitrogens is 2. The van der Waals surface area contributed by atoms with Crippen LogP contribution in [0, 0.1) is 18.8 Å². The Hall–Kier alpha value is -2.77. The summed E-state index contributed by atoms with van der Waals surface area (Å²) in [6.45, 7) is 2.76. The zero-order valence-electron chi connectivity index (χ0n) is 23.7. The highest BCUT2D eigenvalue weighted by Crippen LogP contribution is 2.42. The van der Waals surface area contributed by atoms with Crippen LogP contribution in [0.25, 0.3) is 10.4 Å². The highest BCUT2D eigenvalue weighted by molar-refractivity contribution is 7.09. The molecule has 6 nitrogen and oxygen atoms in total. The van der Waals surface area contributed by atoms with E-state index in [0.717, 1.165) is 73.5 Å². The molecular formula is C33H41N3O3S. The quantitative estimate of drug-likeness (QED) is 0.314. The number of aliphatic hydroxyl groups excluding tert-OH is 1. The van der Waals surface area contributed by atoms with Crippen molar-refractivity contribution in [2.45, 2.75) is 89.1 Å². The van der Waals surface area contributed by atoms with E-state index in [-0.39, 0.29) is 17.9 Å². The number of amides is 1. The first-order chi connectivity index (χ1) is 19.5. The van der Waals surface area contributed by atoms with Gasteiger partial charge in [0, 0.05) is 35.7 Å². The normalized spacial score (nSPS) is 25.0. The van der Waals surface area contributed by atoms with Gasteiger partial charge >= 0.3 is 0 Å². The van der Waals surface area contributed by atoms with Gasteiger partial charge in [-0.3, -0.25) is 9.78 Å². The largest absolute Gasteiger partial charge is 0.495 e. The average Bonchev–Trinajstić information content (AvgIpc) is 3.72. The smallest absolute Gasteiger partial charge is 0.230 e. The molecule has 3 aromatic rings. The maximum absolute atomic E-state index is 14.0. The van der Waals surface area contributed by atoms with Crippen LogP contribution in [0.4, 0.5) is 5.69 Å². The van der Waals surface area contributed by atoms with Gasteiger partial charge in [0.1, 0.15) is 5.75 Å². The van der Waals surface area contributed by atoms with Gasteiger partial charge in [-0.25, -0.2) is 0 Å². The lowest BCUT2D eigenvalue weighted by molar-refractivity contribution is -0.124. The third-order valence-corrected chi connectivity index (χ3v) is 10.1. The maximum atomic E-state index is 14.0. The number of hydrogen-bond donors (Lipinski definition) is 1. The molecule has 0 saturated heterocycles. The van der Waals surface area contributed by atoms with Crippen molar-refractivity contribution in [3.63, 3.8) is 0 Å². The monoisotopic (exact) mass is 559 g/mol. The van der Waals surface area contributed by atoms with E-state index in [0.29, 0.717) is 30.6 Å². The Morgan fingerprint density at radius 3 is 2.38 bits per heavy atom. The van der Waals surface area contributed by atoms with Crippen molar-refractivity contribution >= 4 is 23.1 Å². The lowest BCUT2D eigenvalue weighted by atomic mass is 9.79. The molecule has 0 radical (unpaired) electrons. The van der Waals surface area contributed by atoms with Crippen molar-refractivity contribution in [3.8, 4) is 16.2 Å². The topological polar surface area (TPSA) is 75.5 Å². The minimum Gasteiger partial charge on any atom is -0.495 e. The fourth-order valence-electron chi connectivity index (χ4n) is 6.60. The number of aliphatic hydroxyl groups is 1. The van der Waals surface area contributed by atoms with Gasteiger partial charge in [0.05, 0.1) is 29.5 Å². The molecule has 3 aliphatic rings. The molecule has 3 saturated carbocycles. The van der Waals surface area contributed by atoms with Crippen molar-refractivity contribution in [1.29, 1.82) is 0 Å². The molecule has 1 aromatic carbocycles. The summed E-state index contributed by atoms with van der Waals surface area (Å²) >= 11 is 1.57. The summed E-state index contributed by atoms with van der Waals surface area (Å²) in [4.78, 5) is 22.1. The standard InChI is InChI=1S/C33H41N3O3S/c1-21-31(39-2)17-16-29(34-21)23-8-6-22(7-9-23)20-36(33(38)25-12-14-28(37)15-13-25)27-5-3-4-26(18-27)32-19-30(35-40-32)24-10-11-24/h3-5,16-19,22-25,28,37H,6-15,20H2,1-2H3. The Bertz CT molecular complexity index is 1320. The molecule has 2 heterocycles. The molecule has 1 N–H and O–H groups in total. The van der Waals surface area contributed by atoms with Gasteiger partial charge in [-0.05, 0) is 124 Å². The summed E-state index contributed by atoms with van der Waals surface area (Å²) in [7, 11) is 1.69. The van der Waals surface area contributed by atoms with Gasteiger partial charge in [-0.2, -0.15) is 4.37 Å². The third-order valence-electron chi connectivity index (χ3n) is 9.26. The van der Waals surface area contributed by atoms with E-state index in [2.05, 4.69) is 41.3 Å². The van der Waals surface area contributed by atoms with E-state index in [1.165, 1.54) is 23.4 Å². The van der Waals surface area contributed by atoms with Crippen LogP contribution in [0.15, 0.2) is 42.5 Å². The van der Waals surface area contributed by atoms with E-state index in [4.69, 9.17) is 14.1 Å². The molecule has 3 fully saturated rings. The minimum atomic E-state index is -0.265. The molecule has 212 valence electrons. The number of methoxy groups -OCH3 is 1. The molecule has 0 aliphatic heterocycles. The van der Waals surface area contributed by atoms with Crippen LogP contribution in [0.2, 0.25) is 0 Å². The number of carbonyl (C=O) groups is 1. The first-order valence-electron chi connectivity index (χ1n) is 15.1. The summed E-state index contributed by atoms with van der Waals surface area (Å²) in [5.74, 6) is 2.61. The molecule has 40 heavy (non-hydrogen) atoms. The molecule has 7 heteroatoms. The zero-order chi connectivity index (χ0) is 27.6. The Kier molecular flexibility index (Phi) is 8.22. The van der Waals surface area contributed by atoms with Crippen LogP contribution in [0.3, 0.4) is 0 Å². The van der Waals surface area contributed by atoms with Crippen LogP contribution >= 0.6 is 11.5 Å². The van der Waals surface area contributed by atoms with Crippen LogP contribution in [0.5, 0.6) is 5.75 Å². The van der Waals surface area contributed by atoms with Gasteiger partial charge in [0.15, 0.2) is 0 Å². The number of rotatable bonds is 8. The summed E-state index contributed by atoms with van der Waals surface area (Å²) < 4.78 is 10.1. The summed E-state index contributed by atoms with van der Waals surface area (Å²) in [5.41, 5.74) is 5.46. The van der Waals surface area contributed by atoms with E-state index in [1.54, 1.807) is 18.6 Å². The summed E-state index contributed by atoms with van der Waals surface area (Å²) in [6.07, 6.45) is 9.55. The number of carbonyl (C=O) groups excluding carboxylic acids is 1. The highest BCUT2D eigenvalue weighted by Gasteiger charge is 2.33. The van der Waals surface area contributed by atoms with Crippen molar-refractivity contribution in [3.05, 3.63) is 59.5 Å². The minimum absolute atomic E-state index is 0.0141. The Labute approximate surface area is 242 Å². The predicted molar refractivity (Wildman–Crippen MR) is 160 cm³/mol. The van der Waals surface area contributed by atoms with Crippen molar-refractivity contribution in [2.75, 3.05) is 18.6 Å². The van der Waals surface area contributed by atoms with Crippen LogP contribution in [-0.4, -0.2) is 40.1 Å². The Balaban J connectivity index is 1.19. The number of nitrogens with zero attached hydrogens (tertiary/aromatic N) is 3. The van der Waals surface area contributed by atoms with Gasteiger partial charge in [-0.15, -0.1) is 0 Å². The molecule has 6 rings (SSSR count). The second-order valence-electron chi connectivity index (χ2n) is 12.1. The maximum Gasteiger partial charge on any atom is 0.230 e. The van der Waals surface area contributed by atoms with Gasteiger partial charge in [-0.1, -0.05) is 12.1 Å².